The second kappa shape index (κ2) is 9.75. The number of nitrogens with one attached hydrogen (secondary N) is 1. The van der Waals surface area contributed by atoms with Crippen molar-refractivity contribution in [3.05, 3.63) is 59.4 Å². The lowest BCUT2D eigenvalue weighted by Gasteiger charge is -2.25. The van der Waals surface area contributed by atoms with Gasteiger partial charge in [0.05, 0.1) is 18.8 Å². The maximum absolute atomic E-state index is 14.0. The number of anilines is 2. The Morgan fingerprint density at radius 2 is 2.03 bits per heavy atom. The largest absolute Gasteiger partial charge is 0.466 e. The molecule has 1 atom stereocenters. The van der Waals surface area contributed by atoms with Crippen molar-refractivity contribution in [2.24, 2.45) is 0 Å². The van der Waals surface area contributed by atoms with E-state index in [9.17, 15) is 18.8 Å². The average molecular weight is 431 g/mol. The molecule has 6 nitrogen and oxygen atoms in total. The molecule has 1 N–H and O–H groups in total. The zero-order valence-corrected chi connectivity index (χ0v) is 17.6. The Hall–Kier alpha value is -2.87. The van der Waals surface area contributed by atoms with Crippen LogP contribution in [0.4, 0.5) is 15.8 Å². The van der Waals surface area contributed by atoms with Crippen LogP contribution in [0, 0.1) is 12.7 Å². The molecule has 0 saturated carbocycles. The first kappa shape index (κ1) is 21.8. The molecule has 0 aromatic heterocycles. The number of carbonyl (C=O) groups is 3. The molecular formula is C22H23FN2O4S. The van der Waals surface area contributed by atoms with Crippen molar-refractivity contribution >= 4 is 40.9 Å². The smallest absolute Gasteiger partial charge is 0.306 e. The summed E-state index contributed by atoms with van der Waals surface area (Å²) in [5.74, 6) is -0.886. The second-order valence-electron chi connectivity index (χ2n) is 6.84. The highest BCUT2D eigenvalue weighted by molar-refractivity contribution is 8.00. The second-order valence-corrected chi connectivity index (χ2v) is 7.91. The monoisotopic (exact) mass is 430 g/mol. The van der Waals surface area contributed by atoms with Crippen LogP contribution in [0.25, 0.3) is 0 Å². The molecule has 3 rings (SSSR count). The number of carbonyl (C=O) groups excluding carboxylic acids is 3. The maximum Gasteiger partial charge on any atom is 0.306 e. The third-order valence-electron chi connectivity index (χ3n) is 4.62. The molecule has 2 amide bonds. The number of rotatable bonds is 7. The minimum absolute atomic E-state index is 0.0130. The summed E-state index contributed by atoms with van der Waals surface area (Å²) in [5.41, 5.74) is 2.40. The van der Waals surface area contributed by atoms with Gasteiger partial charge in [-0.15, -0.1) is 11.8 Å². The molecule has 1 fully saturated rings. The zero-order chi connectivity index (χ0) is 21.7. The topological polar surface area (TPSA) is 75.7 Å². The van der Waals surface area contributed by atoms with Gasteiger partial charge in [-0.2, -0.15) is 0 Å². The predicted octanol–water partition coefficient (Wildman–Crippen LogP) is 4.19. The number of hydrogen-bond donors (Lipinski definition) is 1. The Labute approximate surface area is 178 Å². The molecule has 2 aromatic carbocycles. The SMILES string of the molecule is CCOC(=O)CCC(=O)Nc1cccc(C2SCC(=O)N2c2ccc(C)c(F)c2)c1. The van der Waals surface area contributed by atoms with Gasteiger partial charge in [0.1, 0.15) is 11.2 Å². The first-order chi connectivity index (χ1) is 14.4. The van der Waals surface area contributed by atoms with Crippen molar-refractivity contribution < 1.29 is 23.5 Å². The zero-order valence-electron chi connectivity index (χ0n) is 16.8. The van der Waals surface area contributed by atoms with Crippen molar-refractivity contribution in [1.82, 2.24) is 0 Å². The lowest BCUT2D eigenvalue weighted by molar-refractivity contribution is -0.144. The number of amides is 2. The van der Waals surface area contributed by atoms with Crippen molar-refractivity contribution in [3.8, 4) is 0 Å². The molecule has 2 aromatic rings. The Balaban J connectivity index is 1.74. The predicted molar refractivity (Wildman–Crippen MR) is 115 cm³/mol. The lowest BCUT2D eigenvalue weighted by Crippen LogP contribution is -2.28. The summed E-state index contributed by atoms with van der Waals surface area (Å²) in [4.78, 5) is 37.6. The van der Waals surface area contributed by atoms with Crippen molar-refractivity contribution in [2.75, 3.05) is 22.6 Å². The highest BCUT2D eigenvalue weighted by Crippen LogP contribution is 2.42. The van der Waals surface area contributed by atoms with Crippen LogP contribution < -0.4 is 10.2 Å². The van der Waals surface area contributed by atoms with Crippen LogP contribution in [0.3, 0.4) is 0 Å². The van der Waals surface area contributed by atoms with E-state index in [-0.39, 0.29) is 48.2 Å². The van der Waals surface area contributed by atoms with Gasteiger partial charge in [-0.3, -0.25) is 19.3 Å². The maximum atomic E-state index is 14.0. The van der Waals surface area contributed by atoms with Crippen LogP contribution in [0.2, 0.25) is 0 Å². The van der Waals surface area contributed by atoms with Crippen molar-refractivity contribution in [3.63, 3.8) is 0 Å². The van der Waals surface area contributed by atoms with Crippen LogP contribution >= 0.6 is 11.8 Å². The molecule has 1 heterocycles. The van der Waals surface area contributed by atoms with Gasteiger partial charge >= 0.3 is 5.97 Å². The highest BCUT2D eigenvalue weighted by atomic mass is 32.2. The Kier molecular flexibility index (Phi) is 7.10. The molecule has 30 heavy (non-hydrogen) atoms. The molecule has 0 radical (unpaired) electrons. The molecule has 0 spiro atoms. The third kappa shape index (κ3) is 5.18. The number of nitrogens with zero attached hydrogens (tertiary/aromatic N) is 1. The Morgan fingerprint density at radius 3 is 2.77 bits per heavy atom. The van der Waals surface area contributed by atoms with E-state index in [1.54, 1.807) is 49.1 Å². The van der Waals surface area contributed by atoms with Gasteiger partial charge in [0.15, 0.2) is 0 Å². The Morgan fingerprint density at radius 1 is 1.23 bits per heavy atom. The number of hydrogen-bond acceptors (Lipinski definition) is 5. The van der Waals surface area contributed by atoms with Gasteiger partial charge in [-0.1, -0.05) is 18.2 Å². The van der Waals surface area contributed by atoms with E-state index in [4.69, 9.17) is 4.74 Å². The van der Waals surface area contributed by atoms with Crippen LogP contribution in [-0.4, -0.2) is 30.1 Å². The van der Waals surface area contributed by atoms with Gasteiger partial charge in [0.25, 0.3) is 0 Å². The average Bonchev–Trinajstić information content (AvgIpc) is 3.10. The van der Waals surface area contributed by atoms with Gasteiger partial charge in [-0.05, 0) is 49.2 Å². The van der Waals surface area contributed by atoms with Crippen LogP contribution in [0.1, 0.15) is 36.3 Å². The summed E-state index contributed by atoms with van der Waals surface area (Å²) in [6.45, 7) is 3.66. The normalized spacial score (nSPS) is 15.9. The summed E-state index contributed by atoms with van der Waals surface area (Å²) in [6.07, 6.45) is 0.0353. The van der Waals surface area contributed by atoms with E-state index in [0.717, 1.165) is 5.56 Å². The van der Waals surface area contributed by atoms with Crippen LogP contribution in [-0.2, 0) is 19.1 Å². The fourth-order valence-corrected chi connectivity index (χ4v) is 4.29. The lowest BCUT2D eigenvalue weighted by atomic mass is 10.1. The van der Waals surface area contributed by atoms with Crippen molar-refractivity contribution in [1.29, 1.82) is 0 Å². The van der Waals surface area contributed by atoms with E-state index in [1.165, 1.54) is 17.8 Å². The standard InChI is InChI=1S/C22H23FN2O4S/c1-3-29-21(28)10-9-19(26)24-16-6-4-5-15(11-16)22-25(20(27)13-30-22)17-8-7-14(2)18(23)12-17/h4-8,11-12,22H,3,9-10,13H2,1-2H3,(H,24,26). The fraction of sp³-hybridized carbons (Fsp3) is 0.318. The first-order valence-corrected chi connectivity index (χ1v) is 10.7. The van der Waals surface area contributed by atoms with Crippen LogP contribution in [0.5, 0.6) is 0 Å². The summed E-state index contributed by atoms with van der Waals surface area (Å²) >= 11 is 1.44. The number of halogens is 1. The summed E-state index contributed by atoms with van der Waals surface area (Å²) in [5, 5.41) is 2.44. The molecule has 1 aliphatic heterocycles. The van der Waals surface area contributed by atoms with E-state index < -0.39 is 5.97 Å². The molecule has 8 heteroatoms. The minimum Gasteiger partial charge on any atom is -0.466 e. The molecule has 0 aliphatic carbocycles. The molecular weight excluding hydrogens is 407 g/mol. The number of thioether (sulfide) groups is 1. The van der Waals surface area contributed by atoms with Gasteiger partial charge in [0.2, 0.25) is 11.8 Å². The number of esters is 1. The van der Waals surface area contributed by atoms with Crippen molar-refractivity contribution in [2.45, 2.75) is 32.1 Å². The molecule has 1 aliphatic rings. The van der Waals surface area contributed by atoms with Gasteiger partial charge in [-0.25, -0.2) is 4.39 Å². The summed E-state index contributed by atoms with van der Waals surface area (Å²) in [7, 11) is 0. The molecule has 1 unspecified atom stereocenters. The van der Waals surface area contributed by atoms with Gasteiger partial charge in [0, 0.05) is 17.8 Å². The number of aryl methyl sites for hydroxylation is 1. The van der Waals surface area contributed by atoms with E-state index in [0.29, 0.717) is 16.9 Å². The quantitative estimate of drug-likeness (QED) is 0.667. The summed E-state index contributed by atoms with van der Waals surface area (Å²) in [6, 6.07) is 11.9. The highest BCUT2D eigenvalue weighted by Gasteiger charge is 2.34. The van der Waals surface area contributed by atoms with Crippen LogP contribution in [0.15, 0.2) is 42.5 Å². The summed E-state index contributed by atoms with van der Waals surface area (Å²) < 4.78 is 18.9. The minimum atomic E-state index is -0.414. The fourth-order valence-electron chi connectivity index (χ4n) is 3.12. The third-order valence-corrected chi connectivity index (χ3v) is 5.83. The van der Waals surface area contributed by atoms with E-state index in [1.807, 2.05) is 6.07 Å². The molecule has 1 saturated heterocycles. The van der Waals surface area contributed by atoms with Gasteiger partial charge < -0.3 is 10.1 Å². The van der Waals surface area contributed by atoms with E-state index >= 15 is 0 Å². The molecule has 0 bridgehead atoms. The Bertz CT molecular complexity index is 966. The first-order valence-electron chi connectivity index (χ1n) is 9.64. The van der Waals surface area contributed by atoms with E-state index in [2.05, 4.69) is 5.32 Å². The molecule has 158 valence electrons. The number of ether oxygens (including phenoxy) is 1. The number of benzene rings is 2.